The van der Waals surface area contributed by atoms with E-state index in [2.05, 4.69) is 4.98 Å². The summed E-state index contributed by atoms with van der Waals surface area (Å²) in [7, 11) is 0. The first-order valence-electron chi connectivity index (χ1n) is 4.72. The maximum Gasteiger partial charge on any atom is 0.116 e. The van der Waals surface area contributed by atoms with E-state index in [0.29, 0.717) is 12.4 Å². The summed E-state index contributed by atoms with van der Waals surface area (Å²) in [6.45, 7) is 3.71. The first kappa shape index (κ1) is 9.21. The Balaban J connectivity index is 1.88. The molecule has 0 atom stereocenters. The monoisotopic (exact) mass is 194 g/mol. The van der Waals surface area contributed by atoms with Crippen LogP contribution in [0.1, 0.15) is 0 Å². The summed E-state index contributed by atoms with van der Waals surface area (Å²) in [5.74, 6) is 0.631. The first-order valence-corrected chi connectivity index (χ1v) is 4.72. The topological polar surface area (TPSA) is 54.1 Å². The van der Waals surface area contributed by atoms with Crippen molar-refractivity contribution in [1.82, 2.24) is 14.5 Å². The number of hydrogen-bond acceptors (Lipinski definition) is 3. The average Bonchev–Trinajstić information content (AvgIpc) is 2.72. The van der Waals surface area contributed by atoms with Crippen LogP contribution in [0, 0.1) is 5.41 Å². The van der Waals surface area contributed by atoms with Crippen molar-refractivity contribution in [3.8, 4) is 0 Å². The largest absolute Gasteiger partial charge is 0.378 e. The molecular formula is C9H14N4O. The van der Waals surface area contributed by atoms with Gasteiger partial charge in [-0.05, 0) is 0 Å². The third kappa shape index (κ3) is 2.11. The molecule has 76 valence electrons. The van der Waals surface area contributed by atoms with E-state index in [1.165, 1.54) is 0 Å². The Hall–Kier alpha value is -1.36. The molecule has 0 saturated carbocycles. The molecule has 1 aromatic rings. The van der Waals surface area contributed by atoms with Gasteiger partial charge in [0.2, 0.25) is 0 Å². The van der Waals surface area contributed by atoms with Crippen LogP contribution in [0.15, 0.2) is 18.7 Å². The van der Waals surface area contributed by atoms with Crippen molar-refractivity contribution in [2.24, 2.45) is 0 Å². The van der Waals surface area contributed by atoms with Gasteiger partial charge in [0.05, 0.1) is 26.1 Å². The van der Waals surface area contributed by atoms with Gasteiger partial charge in [-0.15, -0.1) is 0 Å². The summed E-state index contributed by atoms with van der Waals surface area (Å²) in [5.41, 5.74) is 0. The summed E-state index contributed by atoms with van der Waals surface area (Å²) >= 11 is 0. The van der Waals surface area contributed by atoms with Gasteiger partial charge in [-0.25, -0.2) is 4.98 Å². The average molecular weight is 194 g/mol. The molecular weight excluding hydrogens is 180 g/mol. The van der Waals surface area contributed by atoms with Crippen LogP contribution in [0.5, 0.6) is 0 Å². The molecule has 2 heterocycles. The number of nitrogens with one attached hydrogen (secondary N) is 1. The molecule has 5 nitrogen and oxygen atoms in total. The van der Waals surface area contributed by atoms with Crippen molar-refractivity contribution in [2.45, 2.75) is 6.54 Å². The molecule has 1 saturated heterocycles. The van der Waals surface area contributed by atoms with Gasteiger partial charge in [0, 0.05) is 25.5 Å². The highest BCUT2D eigenvalue weighted by Gasteiger charge is 2.13. The van der Waals surface area contributed by atoms with Crippen molar-refractivity contribution < 1.29 is 4.74 Å². The number of morpholine rings is 1. The van der Waals surface area contributed by atoms with Crippen LogP contribution in [0.3, 0.4) is 0 Å². The Labute approximate surface area is 82.8 Å². The highest BCUT2D eigenvalue weighted by molar-refractivity contribution is 5.79. The molecule has 1 aliphatic heterocycles. The Bertz CT molecular complexity index is 290. The number of rotatable bonds is 2. The summed E-state index contributed by atoms with van der Waals surface area (Å²) in [6.07, 6.45) is 5.33. The van der Waals surface area contributed by atoms with Crippen LogP contribution in [-0.2, 0) is 11.3 Å². The van der Waals surface area contributed by atoms with Gasteiger partial charge in [-0.2, -0.15) is 0 Å². The summed E-state index contributed by atoms with van der Waals surface area (Å²) < 4.78 is 7.13. The van der Waals surface area contributed by atoms with Gasteiger partial charge in [-0.3, -0.25) is 5.41 Å². The van der Waals surface area contributed by atoms with Gasteiger partial charge in [0.1, 0.15) is 5.84 Å². The smallest absolute Gasteiger partial charge is 0.116 e. The summed E-state index contributed by atoms with van der Waals surface area (Å²) in [5, 5.41) is 7.88. The van der Waals surface area contributed by atoms with Crippen molar-refractivity contribution >= 4 is 5.84 Å². The molecule has 0 aromatic carbocycles. The quantitative estimate of drug-likeness (QED) is 0.540. The SMILES string of the molecule is N=C(Cn1ccnc1)N1CCOCC1. The van der Waals surface area contributed by atoms with E-state index >= 15 is 0 Å². The van der Waals surface area contributed by atoms with E-state index in [1.807, 2.05) is 15.7 Å². The van der Waals surface area contributed by atoms with E-state index < -0.39 is 0 Å². The Morgan fingerprint density at radius 1 is 1.43 bits per heavy atom. The minimum Gasteiger partial charge on any atom is -0.378 e. The highest BCUT2D eigenvalue weighted by atomic mass is 16.5. The fourth-order valence-electron chi connectivity index (χ4n) is 1.49. The van der Waals surface area contributed by atoms with Crippen molar-refractivity contribution in [3.05, 3.63) is 18.7 Å². The van der Waals surface area contributed by atoms with E-state index in [4.69, 9.17) is 10.1 Å². The van der Waals surface area contributed by atoms with Crippen molar-refractivity contribution in [3.63, 3.8) is 0 Å². The lowest BCUT2D eigenvalue weighted by Crippen LogP contribution is -2.41. The van der Waals surface area contributed by atoms with Gasteiger partial charge < -0.3 is 14.2 Å². The van der Waals surface area contributed by atoms with Crippen LogP contribution >= 0.6 is 0 Å². The van der Waals surface area contributed by atoms with Gasteiger partial charge >= 0.3 is 0 Å². The van der Waals surface area contributed by atoms with Crippen LogP contribution < -0.4 is 0 Å². The Kier molecular flexibility index (Phi) is 2.78. The van der Waals surface area contributed by atoms with E-state index in [0.717, 1.165) is 26.3 Å². The minimum atomic E-state index is 0.597. The van der Waals surface area contributed by atoms with E-state index in [1.54, 1.807) is 12.5 Å². The molecule has 14 heavy (non-hydrogen) atoms. The zero-order valence-corrected chi connectivity index (χ0v) is 8.02. The summed E-state index contributed by atoms with van der Waals surface area (Å²) in [4.78, 5) is 5.99. The third-order valence-corrected chi connectivity index (χ3v) is 2.28. The minimum absolute atomic E-state index is 0.597. The lowest BCUT2D eigenvalue weighted by Gasteiger charge is -2.29. The van der Waals surface area contributed by atoms with Gasteiger partial charge in [0.25, 0.3) is 0 Å². The van der Waals surface area contributed by atoms with E-state index in [-0.39, 0.29) is 0 Å². The second-order valence-electron chi connectivity index (χ2n) is 3.28. The molecule has 1 fully saturated rings. The zero-order chi connectivity index (χ0) is 9.80. The van der Waals surface area contributed by atoms with Crippen LogP contribution in [0.25, 0.3) is 0 Å². The predicted molar refractivity (Wildman–Crippen MR) is 52.3 cm³/mol. The summed E-state index contributed by atoms with van der Waals surface area (Å²) in [6, 6.07) is 0. The van der Waals surface area contributed by atoms with Gasteiger partial charge in [-0.1, -0.05) is 0 Å². The molecule has 1 aliphatic rings. The molecule has 0 aliphatic carbocycles. The molecule has 1 N–H and O–H groups in total. The molecule has 0 radical (unpaired) electrons. The number of amidine groups is 1. The fraction of sp³-hybridized carbons (Fsp3) is 0.556. The normalized spacial score (nSPS) is 17.0. The van der Waals surface area contributed by atoms with Crippen LogP contribution in [0.4, 0.5) is 0 Å². The molecule has 0 unspecified atom stereocenters. The second kappa shape index (κ2) is 4.23. The van der Waals surface area contributed by atoms with Gasteiger partial charge in [0.15, 0.2) is 0 Å². The number of nitrogens with zero attached hydrogens (tertiary/aromatic N) is 3. The maximum atomic E-state index is 7.88. The number of imidazole rings is 1. The van der Waals surface area contributed by atoms with E-state index in [9.17, 15) is 0 Å². The highest BCUT2D eigenvalue weighted by Crippen LogP contribution is 1.99. The molecule has 0 spiro atoms. The number of aromatic nitrogens is 2. The number of ether oxygens (including phenoxy) is 1. The fourth-order valence-corrected chi connectivity index (χ4v) is 1.49. The zero-order valence-electron chi connectivity index (χ0n) is 8.02. The lowest BCUT2D eigenvalue weighted by molar-refractivity contribution is 0.0666. The van der Waals surface area contributed by atoms with Crippen LogP contribution in [0.2, 0.25) is 0 Å². The lowest BCUT2D eigenvalue weighted by atomic mass is 10.4. The standard InChI is InChI=1S/C9H14N4O/c10-9(7-12-2-1-11-8-12)13-3-5-14-6-4-13/h1-2,8,10H,3-7H2. The predicted octanol–water partition coefficient (Wildman–Crippen LogP) is 0.193. The Morgan fingerprint density at radius 2 is 2.21 bits per heavy atom. The Morgan fingerprint density at radius 3 is 2.86 bits per heavy atom. The second-order valence-corrected chi connectivity index (χ2v) is 3.28. The number of hydrogen-bond donors (Lipinski definition) is 1. The molecule has 5 heteroatoms. The van der Waals surface area contributed by atoms with Crippen LogP contribution in [-0.4, -0.2) is 46.6 Å². The molecule has 0 bridgehead atoms. The molecule has 2 rings (SSSR count). The molecule has 0 amide bonds. The van der Waals surface area contributed by atoms with Crippen molar-refractivity contribution in [2.75, 3.05) is 26.3 Å². The molecule has 1 aromatic heterocycles. The third-order valence-electron chi connectivity index (χ3n) is 2.28. The maximum absolute atomic E-state index is 7.88. The first-order chi connectivity index (χ1) is 6.86. The van der Waals surface area contributed by atoms with Crippen molar-refractivity contribution in [1.29, 1.82) is 5.41 Å².